The Hall–Kier alpha value is 1.36. The zero-order valence-electron chi connectivity index (χ0n) is 5.14. The SMILES string of the molecule is [O-]N1CC(Br)C(Br)C(Br)C1. The van der Waals surface area contributed by atoms with E-state index in [1.54, 1.807) is 0 Å². The summed E-state index contributed by atoms with van der Waals surface area (Å²) in [6, 6.07) is 0. The minimum atomic E-state index is 0.253. The third kappa shape index (κ3) is 2.17. The molecule has 10 heavy (non-hydrogen) atoms. The molecule has 0 aliphatic carbocycles. The lowest BCUT2D eigenvalue weighted by Crippen LogP contribution is -2.45. The molecule has 0 saturated carbocycles. The number of nitrogens with zero attached hydrogens (tertiary/aromatic N) is 1. The van der Waals surface area contributed by atoms with Crippen molar-refractivity contribution in [3.05, 3.63) is 5.21 Å². The molecule has 1 rings (SSSR count). The monoisotopic (exact) mass is 334 g/mol. The van der Waals surface area contributed by atoms with Gasteiger partial charge in [0.2, 0.25) is 0 Å². The van der Waals surface area contributed by atoms with E-state index < -0.39 is 0 Å². The molecule has 1 aliphatic heterocycles. The van der Waals surface area contributed by atoms with E-state index in [-0.39, 0.29) is 9.65 Å². The van der Waals surface area contributed by atoms with Crippen molar-refractivity contribution in [3.63, 3.8) is 0 Å². The molecule has 0 amide bonds. The van der Waals surface area contributed by atoms with Crippen molar-refractivity contribution in [2.75, 3.05) is 13.1 Å². The van der Waals surface area contributed by atoms with Crippen LogP contribution in [0.4, 0.5) is 0 Å². The first-order valence-electron chi connectivity index (χ1n) is 2.95. The second kappa shape index (κ2) is 3.85. The van der Waals surface area contributed by atoms with E-state index in [0.29, 0.717) is 17.9 Å². The standard InChI is InChI=1S/C5H7Br3NO/c6-3-1-9(10)2-4(7)5(3)8/h3-5H,1-2H2/q-1. The minimum Gasteiger partial charge on any atom is -0.785 e. The molecule has 5 heteroatoms. The van der Waals surface area contributed by atoms with Crippen molar-refractivity contribution in [2.45, 2.75) is 14.5 Å². The predicted molar refractivity (Wildman–Crippen MR) is 53.1 cm³/mol. The van der Waals surface area contributed by atoms with Gasteiger partial charge < -0.3 is 10.3 Å². The summed E-state index contributed by atoms with van der Waals surface area (Å²) in [5, 5.41) is 11.9. The highest BCUT2D eigenvalue weighted by Crippen LogP contribution is 2.28. The molecular weight excluding hydrogens is 330 g/mol. The van der Waals surface area contributed by atoms with Crippen molar-refractivity contribution in [2.24, 2.45) is 0 Å². The molecule has 2 atom stereocenters. The molecule has 1 heterocycles. The summed E-state index contributed by atoms with van der Waals surface area (Å²) >= 11 is 10.3. The van der Waals surface area contributed by atoms with Gasteiger partial charge in [0.15, 0.2) is 0 Å². The molecule has 0 radical (unpaired) electrons. The maximum absolute atomic E-state index is 10.9. The van der Waals surface area contributed by atoms with Crippen LogP contribution in [0.1, 0.15) is 0 Å². The fourth-order valence-electron chi connectivity index (χ4n) is 0.892. The number of alkyl halides is 3. The van der Waals surface area contributed by atoms with Crippen LogP contribution in [0.15, 0.2) is 0 Å². The first kappa shape index (κ1) is 9.45. The molecule has 0 bridgehead atoms. The number of piperidine rings is 1. The molecule has 0 N–H and O–H groups in total. The molecule has 1 aliphatic rings. The Kier molecular flexibility index (Phi) is 3.63. The summed E-state index contributed by atoms with van der Waals surface area (Å²) in [5.74, 6) is 0. The summed E-state index contributed by atoms with van der Waals surface area (Å²) < 4.78 is 0. The molecule has 0 aromatic rings. The molecule has 0 aromatic heterocycles. The molecule has 1 saturated heterocycles. The van der Waals surface area contributed by atoms with E-state index in [4.69, 9.17) is 0 Å². The van der Waals surface area contributed by atoms with Crippen LogP contribution in [0.3, 0.4) is 0 Å². The van der Waals surface area contributed by atoms with Crippen LogP contribution in [-0.2, 0) is 0 Å². The average Bonchev–Trinajstić information content (AvgIpc) is 1.82. The number of rotatable bonds is 0. The van der Waals surface area contributed by atoms with Gasteiger partial charge in [0.05, 0.1) is 0 Å². The van der Waals surface area contributed by atoms with Crippen LogP contribution >= 0.6 is 47.8 Å². The Bertz CT molecular complexity index is 111. The lowest BCUT2D eigenvalue weighted by Gasteiger charge is -2.40. The van der Waals surface area contributed by atoms with E-state index in [0.717, 1.165) is 5.06 Å². The van der Waals surface area contributed by atoms with E-state index in [2.05, 4.69) is 47.8 Å². The highest BCUT2D eigenvalue weighted by Gasteiger charge is 2.28. The van der Waals surface area contributed by atoms with Crippen molar-refractivity contribution in [1.82, 2.24) is 5.06 Å². The van der Waals surface area contributed by atoms with Gasteiger partial charge in [-0.15, -0.1) is 0 Å². The Labute approximate surface area is 85.3 Å². The quantitative estimate of drug-likeness (QED) is 0.633. The number of hydrogen-bond donors (Lipinski definition) is 0. The van der Waals surface area contributed by atoms with Gasteiger partial charge in [-0.3, -0.25) is 0 Å². The lowest BCUT2D eigenvalue weighted by atomic mass is 10.2. The van der Waals surface area contributed by atoms with Gasteiger partial charge in [-0.2, -0.15) is 0 Å². The highest BCUT2D eigenvalue weighted by atomic mass is 79.9. The fraction of sp³-hybridized carbons (Fsp3) is 1.00. The van der Waals surface area contributed by atoms with Crippen molar-refractivity contribution in [1.29, 1.82) is 0 Å². The van der Waals surface area contributed by atoms with Gasteiger partial charge in [0.25, 0.3) is 0 Å². The fourth-order valence-corrected chi connectivity index (χ4v) is 3.02. The van der Waals surface area contributed by atoms with Crippen LogP contribution in [0, 0.1) is 5.21 Å². The molecule has 60 valence electrons. The summed E-state index contributed by atoms with van der Waals surface area (Å²) in [5.41, 5.74) is 0. The third-order valence-electron chi connectivity index (χ3n) is 1.45. The molecule has 0 spiro atoms. The summed E-state index contributed by atoms with van der Waals surface area (Å²) in [6.07, 6.45) is 0. The van der Waals surface area contributed by atoms with Crippen LogP contribution in [0.2, 0.25) is 0 Å². The van der Waals surface area contributed by atoms with E-state index in [9.17, 15) is 5.21 Å². The van der Waals surface area contributed by atoms with Gasteiger partial charge in [0, 0.05) is 14.5 Å². The van der Waals surface area contributed by atoms with Crippen molar-refractivity contribution < 1.29 is 0 Å². The summed E-state index contributed by atoms with van der Waals surface area (Å²) in [6.45, 7) is 1.13. The Morgan fingerprint density at radius 3 is 1.90 bits per heavy atom. The van der Waals surface area contributed by atoms with Crippen LogP contribution in [0.25, 0.3) is 0 Å². The predicted octanol–water partition coefficient (Wildman–Crippen LogP) is 2.09. The van der Waals surface area contributed by atoms with Gasteiger partial charge in [-0.05, 0) is 13.1 Å². The summed E-state index contributed by atoms with van der Waals surface area (Å²) in [7, 11) is 0. The van der Waals surface area contributed by atoms with Crippen LogP contribution < -0.4 is 0 Å². The smallest absolute Gasteiger partial charge is 0.0420 e. The second-order valence-corrected chi connectivity index (χ2v) is 5.73. The number of hydroxylamine groups is 2. The van der Waals surface area contributed by atoms with Gasteiger partial charge in [0.1, 0.15) is 0 Å². The number of hydrogen-bond acceptors (Lipinski definition) is 2. The maximum atomic E-state index is 10.9. The maximum Gasteiger partial charge on any atom is 0.0420 e. The largest absolute Gasteiger partial charge is 0.785 e. The van der Waals surface area contributed by atoms with E-state index >= 15 is 0 Å². The van der Waals surface area contributed by atoms with Crippen molar-refractivity contribution in [3.8, 4) is 0 Å². The van der Waals surface area contributed by atoms with Gasteiger partial charge >= 0.3 is 0 Å². The highest BCUT2D eigenvalue weighted by molar-refractivity contribution is 9.13. The van der Waals surface area contributed by atoms with E-state index in [1.165, 1.54) is 0 Å². The normalized spacial score (nSPS) is 43.8. The first-order chi connectivity index (χ1) is 4.61. The molecule has 0 aromatic carbocycles. The van der Waals surface area contributed by atoms with Crippen LogP contribution in [0.5, 0.6) is 0 Å². The minimum absolute atomic E-state index is 0.253. The Morgan fingerprint density at radius 2 is 1.50 bits per heavy atom. The van der Waals surface area contributed by atoms with Gasteiger partial charge in [-0.25, -0.2) is 0 Å². The zero-order chi connectivity index (χ0) is 7.72. The Morgan fingerprint density at radius 1 is 1.10 bits per heavy atom. The molecule has 2 nitrogen and oxygen atoms in total. The molecule has 1 fully saturated rings. The summed E-state index contributed by atoms with van der Waals surface area (Å²) in [4.78, 5) is 0.865. The zero-order valence-corrected chi connectivity index (χ0v) is 9.89. The van der Waals surface area contributed by atoms with Crippen LogP contribution in [-0.4, -0.2) is 32.6 Å². The van der Waals surface area contributed by atoms with Gasteiger partial charge in [-0.1, -0.05) is 47.8 Å². The topological polar surface area (TPSA) is 26.3 Å². The molecular formula is C5H7Br3NO-. The van der Waals surface area contributed by atoms with Crippen molar-refractivity contribution >= 4 is 47.8 Å². The first-order valence-corrected chi connectivity index (χ1v) is 5.70. The van der Waals surface area contributed by atoms with E-state index in [1.807, 2.05) is 0 Å². The lowest BCUT2D eigenvalue weighted by molar-refractivity contribution is 0.337. The Balaban J connectivity index is 2.49. The third-order valence-corrected chi connectivity index (χ3v) is 5.86. The molecule has 2 unspecified atom stereocenters. The second-order valence-electron chi connectivity index (χ2n) is 2.32. The number of halogens is 3. The average molecular weight is 337 g/mol.